The second kappa shape index (κ2) is 8.93. The lowest BCUT2D eigenvalue weighted by atomic mass is 9.94. The summed E-state index contributed by atoms with van der Waals surface area (Å²) in [6.45, 7) is 13.5. The third kappa shape index (κ3) is 9.41. The van der Waals surface area contributed by atoms with Gasteiger partial charge in [-0.3, -0.25) is 0 Å². The molecule has 5 heteroatoms. The molecule has 1 N–H and O–H groups in total. The van der Waals surface area contributed by atoms with Crippen LogP contribution in [-0.2, 0) is 14.8 Å². The van der Waals surface area contributed by atoms with E-state index in [1.165, 1.54) is 0 Å². The van der Waals surface area contributed by atoms with Gasteiger partial charge in [0.05, 0.1) is 5.75 Å². The number of hydrogen-bond acceptors (Lipinski definition) is 3. The van der Waals surface area contributed by atoms with E-state index in [2.05, 4.69) is 18.6 Å². The van der Waals surface area contributed by atoms with E-state index in [9.17, 15) is 8.42 Å². The fraction of sp³-hybridized carbons (Fsp3) is 1.00. The monoisotopic (exact) mass is 293 g/mol. The van der Waals surface area contributed by atoms with Crippen LogP contribution in [0.15, 0.2) is 0 Å². The summed E-state index contributed by atoms with van der Waals surface area (Å²) in [5, 5.41) is 0. The zero-order valence-corrected chi connectivity index (χ0v) is 14.1. The minimum absolute atomic E-state index is 0.00147. The Kier molecular flexibility index (Phi) is 8.86. The number of hydrogen-bond donors (Lipinski definition) is 1. The van der Waals surface area contributed by atoms with Gasteiger partial charge in [-0.15, -0.1) is 0 Å². The molecule has 0 unspecified atom stereocenters. The van der Waals surface area contributed by atoms with Crippen LogP contribution in [0.5, 0.6) is 0 Å². The van der Waals surface area contributed by atoms with E-state index in [1.807, 2.05) is 27.7 Å². The summed E-state index contributed by atoms with van der Waals surface area (Å²) in [5.74, 6) is 1.22. The van der Waals surface area contributed by atoms with Gasteiger partial charge in [-0.1, -0.05) is 41.5 Å². The molecule has 0 saturated heterocycles. The molecule has 0 rings (SSSR count). The van der Waals surface area contributed by atoms with Crippen LogP contribution in [0, 0.1) is 17.8 Å². The summed E-state index contributed by atoms with van der Waals surface area (Å²) in [4.78, 5) is 0. The van der Waals surface area contributed by atoms with E-state index in [0.717, 1.165) is 0 Å². The largest absolute Gasteiger partial charge is 0.381 e. The number of ether oxygens (including phenoxy) is 1. The molecule has 0 aliphatic heterocycles. The van der Waals surface area contributed by atoms with Crippen molar-refractivity contribution in [1.29, 1.82) is 0 Å². The van der Waals surface area contributed by atoms with Crippen molar-refractivity contribution in [1.82, 2.24) is 4.72 Å². The van der Waals surface area contributed by atoms with Crippen LogP contribution in [0.1, 0.15) is 48.0 Å². The molecule has 0 bridgehead atoms. The fourth-order valence-corrected chi connectivity index (χ4v) is 3.55. The number of sulfonamides is 1. The Labute approximate surface area is 119 Å². The van der Waals surface area contributed by atoms with Crippen molar-refractivity contribution in [2.45, 2.75) is 54.0 Å². The summed E-state index contributed by atoms with van der Waals surface area (Å²) in [7, 11) is -3.20. The second-order valence-electron chi connectivity index (χ2n) is 6.27. The average Bonchev–Trinajstić information content (AvgIpc) is 2.24. The van der Waals surface area contributed by atoms with E-state index in [1.54, 1.807) is 0 Å². The molecule has 0 amide bonds. The number of nitrogens with one attached hydrogen (secondary N) is 1. The lowest BCUT2D eigenvalue weighted by molar-refractivity contribution is 0.111. The highest BCUT2D eigenvalue weighted by molar-refractivity contribution is 7.89. The SMILES string of the molecule is CC(C)COCCCS(=O)(=O)NC(C(C)C)C(C)C. The van der Waals surface area contributed by atoms with E-state index in [0.29, 0.717) is 37.4 Å². The van der Waals surface area contributed by atoms with Crippen LogP contribution in [0.25, 0.3) is 0 Å². The predicted octanol–water partition coefficient (Wildman–Crippen LogP) is 2.65. The number of rotatable bonds is 10. The normalized spacial score (nSPS) is 13.2. The summed E-state index contributed by atoms with van der Waals surface area (Å²) < 4.78 is 32.2. The molecule has 0 spiro atoms. The van der Waals surface area contributed by atoms with Gasteiger partial charge in [0.1, 0.15) is 0 Å². The van der Waals surface area contributed by atoms with E-state index in [-0.39, 0.29) is 11.8 Å². The first-order valence-electron chi connectivity index (χ1n) is 7.23. The third-order valence-electron chi connectivity index (χ3n) is 2.91. The Morgan fingerprint density at radius 2 is 1.53 bits per heavy atom. The molecule has 0 heterocycles. The van der Waals surface area contributed by atoms with Gasteiger partial charge in [-0.05, 0) is 24.2 Å². The van der Waals surface area contributed by atoms with Crippen molar-refractivity contribution >= 4 is 10.0 Å². The summed E-state index contributed by atoms with van der Waals surface area (Å²) in [6, 6.07) is 0.00147. The van der Waals surface area contributed by atoms with Crippen molar-refractivity contribution in [3.8, 4) is 0 Å². The molecule has 0 radical (unpaired) electrons. The Morgan fingerprint density at radius 1 is 1.00 bits per heavy atom. The highest BCUT2D eigenvalue weighted by Crippen LogP contribution is 2.13. The smallest absolute Gasteiger partial charge is 0.211 e. The van der Waals surface area contributed by atoms with Gasteiger partial charge in [0.25, 0.3) is 0 Å². The highest BCUT2D eigenvalue weighted by Gasteiger charge is 2.23. The first kappa shape index (κ1) is 18.9. The molecule has 0 atom stereocenters. The third-order valence-corrected chi connectivity index (χ3v) is 4.36. The average molecular weight is 293 g/mol. The minimum Gasteiger partial charge on any atom is -0.381 e. The van der Waals surface area contributed by atoms with Crippen LogP contribution >= 0.6 is 0 Å². The van der Waals surface area contributed by atoms with E-state index in [4.69, 9.17) is 4.74 Å². The predicted molar refractivity (Wildman–Crippen MR) is 80.7 cm³/mol. The van der Waals surface area contributed by atoms with E-state index < -0.39 is 10.0 Å². The van der Waals surface area contributed by atoms with Gasteiger partial charge in [0.2, 0.25) is 10.0 Å². The Balaban J connectivity index is 4.10. The van der Waals surface area contributed by atoms with Crippen LogP contribution in [0.4, 0.5) is 0 Å². The molecule has 4 nitrogen and oxygen atoms in total. The first-order chi connectivity index (χ1) is 8.65. The van der Waals surface area contributed by atoms with Gasteiger partial charge >= 0.3 is 0 Å². The van der Waals surface area contributed by atoms with Crippen molar-refractivity contribution in [2.24, 2.45) is 17.8 Å². The zero-order valence-electron chi connectivity index (χ0n) is 13.3. The van der Waals surface area contributed by atoms with Crippen molar-refractivity contribution in [2.75, 3.05) is 19.0 Å². The van der Waals surface area contributed by atoms with Crippen LogP contribution < -0.4 is 4.72 Å². The Hall–Kier alpha value is -0.130. The van der Waals surface area contributed by atoms with Gasteiger partial charge < -0.3 is 4.74 Å². The topological polar surface area (TPSA) is 55.4 Å². The standard InChI is InChI=1S/C14H31NO3S/c1-11(2)10-18-8-7-9-19(16,17)15-14(12(3)4)13(5)6/h11-15H,7-10H2,1-6H3. The summed E-state index contributed by atoms with van der Waals surface area (Å²) in [6.07, 6.45) is 0.547. The molecule has 19 heavy (non-hydrogen) atoms. The second-order valence-corrected chi connectivity index (χ2v) is 8.15. The van der Waals surface area contributed by atoms with Crippen LogP contribution in [0.3, 0.4) is 0 Å². The first-order valence-corrected chi connectivity index (χ1v) is 8.88. The zero-order chi connectivity index (χ0) is 15.1. The summed E-state index contributed by atoms with van der Waals surface area (Å²) >= 11 is 0. The van der Waals surface area contributed by atoms with E-state index >= 15 is 0 Å². The lowest BCUT2D eigenvalue weighted by Crippen LogP contribution is -2.43. The quantitative estimate of drug-likeness (QED) is 0.630. The van der Waals surface area contributed by atoms with Gasteiger partial charge in [0.15, 0.2) is 0 Å². The van der Waals surface area contributed by atoms with Crippen molar-refractivity contribution in [3.63, 3.8) is 0 Å². The van der Waals surface area contributed by atoms with Gasteiger partial charge in [-0.2, -0.15) is 0 Å². The molecule has 0 aromatic heterocycles. The van der Waals surface area contributed by atoms with Crippen LogP contribution in [-0.4, -0.2) is 33.4 Å². The highest BCUT2D eigenvalue weighted by atomic mass is 32.2. The Morgan fingerprint density at radius 3 is 1.95 bits per heavy atom. The van der Waals surface area contributed by atoms with Gasteiger partial charge in [-0.25, -0.2) is 13.1 Å². The molecule has 0 aliphatic rings. The molecule has 116 valence electrons. The fourth-order valence-electron chi connectivity index (χ4n) is 1.98. The minimum atomic E-state index is -3.20. The van der Waals surface area contributed by atoms with Gasteiger partial charge in [0, 0.05) is 19.3 Å². The van der Waals surface area contributed by atoms with Crippen LogP contribution in [0.2, 0.25) is 0 Å². The van der Waals surface area contributed by atoms with Crippen molar-refractivity contribution in [3.05, 3.63) is 0 Å². The maximum absolute atomic E-state index is 12.0. The lowest BCUT2D eigenvalue weighted by Gasteiger charge is -2.25. The molecular formula is C14H31NO3S. The maximum atomic E-state index is 12.0. The Bertz CT molecular complexity index is 316. The molecule has 0 aromatic carbocycles. The summed E-state index contributed by atoms with van der Waals surface area (Å²) in [5.41, 5.74) is 0. The molecule has 0 fully saturated rings. The maximum Gasteiger partial charge on any atom is 0.211 e. The van der Waals surface area contributed by atoms with Crippen molar-refractivity contribution < 1.29 is 13.2 Å². The molecule has 0 aromatic rings. The molecule has 0 saturated carbocycles. The molecule has 0 aliphatic carbocycles. The molecular weight excluding hydrogens is 262 g/mol.